The molecule has 0 aliphatic carbocycles. The molecule has 0 saturated heterocycles. The minimum Gasteiger partial charge on any atom is -0.338 e. The number of halogens is 2. The fourth-order valence-electron chi connectivity index (χ4n) is 2.95. The lowest BCUT2D eigenvalue weighted by atomic mass is 10.2. The molecular weight excluding hydrogens is 418 g/mol. The maximum Gasteiger partial charge on any atom is 0.271 e. The Balaban J connectivity index is 1.78. The van der Waals surface area contributed by atoms with E-state index in [-0.39, 0.29) is 22.8 Å². The van der Waals surface area contributed by atoms with Gasteiger partial charge in [0.05, 0.1) is 21.6 Å². The largest absolute Gasteiger partial charge is 0.338 e. The first-order valence-corrected chi connectivity index (χ1v) is 9.95. The van der Waals surface area contributed by atoms with E-state index in [9.17, 15) is 27.3 Å². The number of para-hydroxylation sites is 1. The first-order chi connectivity index (χ1) is 14.3. The molecule has 0 atom stereocenters. The van der Waals surface area contributed by atoms with Gasteiger partial charge in [-0.1, -0.05) is 18.2 Å². The third-order valence-electron chi connectivity index (χ3n) is 4.29. The lowest BCUT2D eigenvalue weighted by molar-refractivity contribution is -0.384. The van der Waals surface area contributed by atoms with Crippen LogP contribution in [0.15, 0.2) is 65.6 Å². The Morgan fingerprint density at radius 2 is 1.70 bits per heavy atom. The number of rotatable bonds is 5. The maximum atomic E-state index is 14.0. The molecule has 0 saturated carbocycles. The first-order valence-electron chi connectivity index (χ1n) is 8.46. The quantitative estimate of drug-likeness (QED) is 0.363. The monoisotopic (exact) mass is 430 g/mol. The molecule has 152 valence electrons. The summed E-state index contributed by atoms with van der Waals surface area (Å²) in [5.74, 6) is -2.23. The summed E-state index contributed by atoms with van der Waals surface area (Å²) in [6, 6.07) is 12.9. The molecule has 0 amide bonds. The number of fused-ring (bicyclic) bond motifs is 1. The number of non-ortho nitro benzene ring substituents is 1. The van der Waals surface area contributed by atoms with Crippen molar-refractivity contribution < 1.29 is 22.1 Å². The van der Waals surface area contributed by atoms with Crippen molar-refractivity contribution in [3.63, 3.8) is 0 Å². The van der Waals surface area contributed by atoms with Gasteiger partial charge in [0, 0.05) is 17.7 Å². The second kappa shape index (κ2) is 7.19. The van der Waals surface area contributed by atoms with Gasteiger partial charge in [0.25, 0.3) is 15.7 Å². The minimum atomic E-state index is -4.58. The Morgan fingerprint density at radius 1 is 1.00 bits per heavy atom. The maximum absolute atomic E-state index is 14.0. The number of H-pyrrole nitrogens is 1. The van der Waals surface area contributed by atoms with Crippen molar-refractivity contribution in [2.75, 3.05) is 4.72 Å². The third kappa shape index (κ3) is 3.46. The Hall–Kier alpha value is -3.86. The van der Waals surface area contributed by atoms with Crippen LogP contribution in [0.4, 0.5) is 20.2 Å². The van der Waals surface area contributed by atoms with E-state index in [2.05, 4.69) is 14.7 Å². The highest BCUT2D eigenvalue weighted by atomic mass is 32.2. The number of imidazole rings is 1. The van der Waals surface area contributed by atoms with Crippen molar-refractivity contribution in [3.8, 4) is 11.4 Å². The number of sulfonamides is 1. The fraction of sp³-hybridized carbons (Fsp3) is 0. The zero-order valence-corrected chi connectivity index (χ0v) is 15.8. The van der Waals surface area contributed by atoms with Gasteiger partial charge in [-0.3, -0.25) is 14.8 Å². The van der Waals surface area contributed by atoms with Crippen LogP contribution in [-0.4, -0.2) is 23.3 Å². The number of hydrogen-bond donors (Lipinski definition) is 2. The molecule has 1 heterocycles. The highest BCUT2D eigenvalue weighted by Gasteiger charge is 2.25. The molecule has 8 nitrogen and oxygen atoms in total. The summed E-state index contributed by atoms with van der Waals surface area (Å²) in [5.41, 5.74) is 0.970. The summed E-state index contributed by atoms with van der Waals surface area (Å²) >= 11 is 0. The Bertz CT molecular complexity index is 1380. The molecule has 4 aromatic rings. The SMILES string of the molecule is O=[N+]([O-])c1ccc2nc(-c3ccccc3NS(=O)(=O)c3c(F)cccc3F)[nH]c2c1. The van der Waals surface area contributed by atoms with Crippen LogP contribution < -0.4 is 4.72 Å². The van der Waals surface area contributed by atoms with E-state index in [0.717, 1.165) is 18.2 Å². The highest BCUT2D eigenvalue weighted by molar-refractivity contribution is 7.92. The van der Waals surface area contributed by atoms with Crippen LogP contribution in [0.5, 0.6) is 0 Å². The van der Waals surface area contributed by atoms with Crippen LogP contribution in [0.25, 0.3) is 22.4 Å². The predicted molar refractivity (Wildman–Crippen MR) is 105 cm³/mol. The van der Waals surface area contributed by atoms with Gasteiger partial charge in [-0.05, 0) is 30.3 Å². The van der Waals surface area contributed by atoms with Gasteiger partial charge in [0.15, 0.2) is 4.90 Å². The number of nitrogens with zero attached hydrogens (tertiary/aromatic N) is 2. The lowest BCUT2D eigenvalue weighted by Gasteiger charge is -2.12. The van der Waals surface area contributed by atoms with Crippen LogP contribution in [0.2, 0.25) is 0 Å². The summed E-state index contributed by atoms with van der Waals surface area (Å²) < 4.78 is 55.4. The number of nitro groups is 1. The average Bonchev–Trinajstić information content (AvgIpc) is 3.10. The van der Waals surface area contributed by atoms with Crippen LogP contribution in [0.3, 0.4) is 0 Å². The summed E-state index contributed by atoms with van der Waals surface area (Å²) in [4.78, 5) is 16.5. The van der Waals surface area contributed by atoms with E-state index in [1.807, 2.05) is 0 Å². The van der Waals surface area contributed by atoms with Gasteiger partial charge < -0.3 is 4.98 Å². The molecule has 0 fully saturated rings. The Morgan fingerprint density at radius 3 is 2.40 bits per heavy atom. The smallest absolute Gasteiger partial charge is 0.271 e. The molecule has 0 aliphatic rings. The van der Waals surface area contributed by atoms with Crippen molar-refractivity contribution in [1.82, 2.24) is 9.97 Å². The predicted octanol–water partition coefficient (Wildman–Crippen LogP) is 4.22. The summed E-state index contributed by atoms with van der Waals surface area (Å²) in [6.45, 7) is 0. The zero-order valence-electron chi connectivity index (χ0n) is 15.0. The van der Waals surface area contributed by atoms with Gasteiger partial charge >= 0.3 is 0 Å². The number of nitrogens with one attached hydrogen (secondary N) is 2. The molecule has 30 heavy (non-hydrogen) atoms. The van der Waals surface area contributed by atoms with Crippen LogP contribution in [0.1, 0.15) is 0 Å². The third-order valence-corrected chi connectivity index (χ3v) is 5.71. The molecule has 3 aromatic carbocycles. The van der Waals surface area contributed by atoms with Crippen LogP contribution in [0, 0.1) is 21.7 Å². The Labute approximate surface area is 168 Å². The molecule has 1 aromatic heterocycles. The van der Waals surface area contributed by atoms with Gasteiger partial charge in [-0.15, -0.1) is 0 Å². The molecule has 0 bridgehead atoms. The van der Waals surface area contributed by atoms with Gasteiger partial charge in [-0.2, -0.15) is 0 Å². The number of nitro benzene ring substituents is 1. The number of hydrogen-bond acceptors (Lipinski definition) is 5. The zero-order chi connectivity index (χ0) is 21.5. The van der Waals surface area contributed by atoms with Crippen molar-refractivity contribution >= 4 is 32.4 Å². The molecule has 2 N–H and O–H groups in total. The summed E-state index contributed by atoms with van der Waals surface area (Å²) in [6.07, 6.45) is 0. The minimum absolute atomic E-state index is 0.0220. The molecule has 4 rings (SSSR count). The molecule has 0 spiro atoms. The molecule has 0 unspecified atom stereocenters. The molecule has 0 radical (unpaired) electrons. The molecule has 11 heteroatoms. The van der Waals surface area contributed by atoms with Crippen molar-refractivity contribution in [1.29, 1.82) is 0 Å². The summed E-state index contributed by atoms with van der Waals surface area (Å²) in [7, 11) is -4.58. The molecule has 0 aliphatic heterocycles. The number of aromatic amines is 1. The van der Waals surface area contributed by atoms with Crippen molar-refractivity contribution in [2.24, 2.45) is 0 Å². The molecular formula is C19H12F2N4O4S. The second-order valence-corrected chi connectivity index (χ2v) is 7.87. The highest BCUT2D eigenvalue weighted by Crippen LogP contribution is 2.31. The van der Waals surface area contributed by atoms with E-state index in [0.29, 0.717) is 11.0 Å². The van der Waals surface area contributed by atoms with Gasteiger partial charge in [0.1, 0.15) is 17.5 Å². The number of benzene rings is 3. The summed E-state index contributed by atoms with van der Waals surface area (Å²) in [5, 5.41) is 11.0. The first kappa shape index (κ1) is 19.5. The average molecular weight is 430 g/mol. The number of anilines is 1. The van der Waals surface area contributed by atoms with E-state index in [1.165, 1.54) is 30.3 Å². The van der Waals surface area contributed by atoms with Crippen molar-refractivity contribution in [3.05, 3.63) is 82.4 Å². The van der Waals surface area contributed by atoms with Crippen LogP contribution >= 0.6 is 0 Å². The van der Waals surface area contributed by atoms with E-state index in [1.54, 1.807) is 12.1 Å². The standard InChI is InChI=1S/C19H12F2N4O4S/c20-13-5-3-6-14(21)18(13)30(28,29)24-15-7-2-1-4-12(15)19-22-16-9-8-11(25(26)27)10-17(16)23-19/h1-10,24H,(H,22,23). The van der Waals surface area contributed by atoms with E-state index in [4.69, 9.17) is 0 Å². The Kier molecular flexibility index (Phi) is 4.66. The normalized spacial score (nSPS) is 11.5. The van der Waals surface area contributed by atoms with Gasteiger partial charge in [0.2, 0.25) is 0 Å². The number of aromatic nitrogens is 2. The van der Waals surface area contributed by atoms with E-state index < -0.39 is 31.5 Å². The topological polar surface area (TPSA) is 118 Å². The van der Waals surface area contributed by atoms with Crippen molar-refractivity contribution in [2.45, 2.75) is 4.90 Å². The van der Waals surface area contributed by atoms with Gasteiger partial charge in [-0.25, -0.2) is 22.2 Å². The van der Waals surface area contributed by atoms with E-state index >= 15 is 0 Å². The fourth-order valence-corrected chi connectivity index (χ4v) is 4.17. The lowest BCUT2D eigenvalue weighted by Crippen LogP contribution is -2.17. The van der Waals surface area contributed by atoms with Crippen LogP contribution in [-0.2, 0) is 10.0 Å². The second-order valence-electron chi connectivity index (χ2n) is 6.25.